The standard InChI is InChI=1S/C12H12N2O4S2/c1-8-3-2-4-13-10(8)6-14-20(17,18)11-5-9(7-19-11)12(15)16/h2-5,7,14H,6H2,1H3,(H,15,16). The van der Waals surface area contributed by atoms with Gasteiger partial charge in [-0.15, -0.1) is 11.3 Å². The molecule has 20 heavy (non-hydrogen) atoms. The molecule has 0 bridgehead atoms. The van der Waals surface area contributed by atoms with E-state index in [9.17, 15) is 13.2 Å². The number of pyridine rings is 1. The van der Waals surface area contributed by atoms with Gasteiger partial charge in [0.1, 0.15) is 4.21 Å². The van der Waals surface area contributed by atoms with Crippen molar-refractivity contribution in [2.24, 2.45) is 0 Å². The van der Waals surface area contributed by atoms with Crippen LogP contribution in [0.5, 0.6) is 0 Å². The molecule has 2 aromatic rings. The molecule has 2 heterocycles. The average Bonchev–Trinajstić information content (AvgIpc) is 2.88. The number of aromatic nitrogens is 1. The van der Waals surface area contributed by atoms with Crippen molar-refractivity contribution in [1.82, 2.24) is 9.71 Å². The maximum absolute atomic E-state index is 12.0. The minimum absolute atomic E-state index is 0.0246. The number of aromatic carboxylic acids is 1. The van der Waals surface area contributed by atoms with Crippen LogP contribution in [0.15, 0.2) is 34.0 Å². The Morgan fingerprint density at radius 2 is 2.25 bits per heavy atom. The van der Waals surface area contributed by atoms with E-state index in [-0.39, 0.29) is 16.3 Å². The number of sulfonamides is 1. The number of nitrogens with zero attached hydrogens (tertiary/aromatic N) is 1. The summed E-state index contributed by atoms with van der Waals surface area (Å²) in [7, 11) is -3.72. The Morgan fingerprint density at radius 3 is 2.85 bits per heavy atom. The van der Waals surface area contributed by atoms with Gasteiger partial charge in [-0.2, -0.15) is 0 Å². The lowest BCUT2D eigenvalue weighted by molar-refractivity contribution is 0.0697. The Bertz CT molecular complexity index is 737. The molecule has 6 nitrogen and oxygen atoms in total. The fourth-order valence-corrected chi connectivity index (χ4v) is 3.69. The molecular weight excluding hydrogens is 300 g/mol. The van der Waals surface area contributed by atoms with Crippen molar-refractivity contribution in [2.75, 3.05) is 0 Å². The zero-order chi connectivity index (χ0) is 14.8. The number of hydrogen-bond donors (Lipinski definition) is 2. The maximum atomic E-state index is 12.0. The first-order valence-electron chi connectivity index (χ1n) is 5.62. The highest BCUT2D eigenvalue weighted by Crippen LogP contribution is 2.20. The average molecular weight is 312 g/mol. The van der Waals surface area contributed by atoms with E-state index in [4.69, 9.17) is 5.11 Å². The van der Waals surface area contributed by atoms with Crippen LogP contribution < -0.4 is 4.72 Å². The van der Waals surface area contributed by atoms with Crippen LogP contribution in [0, 0.1) is 6.92 Å². The van der Waals surface area contributed by atoms with Gasteiger partial charge < -0.3 is 5.11 Å². The van der Waals surface area contributed by atoms with Gasteiger partial charge >= 0.3 is 5.97 Å². The Kier molecular flexibility index (Phi) is 4.17. The van der Waals surface area contributed by atoms with E-state index < -0.39 is 16.0 Å². The number of carboxylic acids is 1. The van der Waals surface area contributed by atoms with Crippen LogP contribution in [0.1, 0.15) is 21.6 Å². The Hall–Kier alpha value is -1.77. The predicted octanol–water partition coefficient (Wildman–Crippen LogP) is 1.63. The van der Waals surface area contributed by atoms with Crippen LogP contribution in [0.3, 0.4) is 0 Å². The molecule has 2 aromatic heterocycles. The fraction of sp³-hybridized carbons (Fsp3) is 0.167. The first-order valence-corrected chi connectivity index (χ1v) is 7.98. The molecule has 0 saturated heterocycles. The summed E-state index contributed by atoms with van der Waals surface area (Å²) in [5.74, 6) is -1.15. The summed E-state index contributed by atoms with van der Waals surface area (Å²) in [6, 6.07) is 4.75. The highest BCUT2D eigenvalue weighted by atomic mass is 32.2. The molecule has 2 N–H and O–H groups in total. The molecule has 0 saturated carbocycles. The van der Waals surface area contributed by atoms with Crippen LogP contribution in [-0.4, -0.2) is 24.5 Å². The van der Waals surface area contributed by atoms with Gasteiger partial charge in [0.25, 0.3) is 0 Å². The van der Waals surface area contributed by atoms with Gasteiger partial charge in [-0.05, 0) is 24.6 Å². The van der Waals surface area contributed by atoms with Crippen molar-refractivity contribution < 1.29 is 18.3 Å². The van der Waals surface area contributed by atoms with E-state index in [2.05, 4.69) is 9.71 Å². The molecule has 0 aliphatic carbocycles. The van der Waals surface area contributed by atoms with Crippen LogP contribution in [0.2, 0.25) is 0 Å². The molecule has 106 valence electrons. The number of carboxylic acid groups (broad SMARTS) is 1. The third-order valence-corrected chi connectivity index (χ3v) is 5.48. The molecule has 8 heteroatoms. The summed E-state index contributed by atoms with van der Waals surface area (Å²) in [6.45, 7) is 1.90. The second-order valence-electron chi connectivity index (χ2n) is 4.05. The molecule has 0 aromatic carbocycles. The molecular formula is C12H12N2O4S2. The van der Waals surface area contributed by atoms with E-state index in [1.165, 1.54) is 5.38 Å². The first kappa shape index (κ1) is 14.6. The van der Waals surface area contributed by atoms with E-state index in [0.29, 0.717) is 5.69 Å². The summed E-state index contributed by atoms with van der Waals surface area (Å²) >= 11 is 0.872. The summed E-state index contributed by atoms with van der Waals surface area (Å²) in [6.07, 6.45) is 1.59. The fourth-order valence-electron chi connectivity index (χ4n) is 1.51. The minimum atomic E-state index is -3.72. The van der Waals surface area contributed by atoms with Crippen molar-refractivity contribution in [1.29, 1.82) is 0 Å². The molecule has 0 unspecified atom stereocenters. The second kappa shape index (κ2) is 5.70. The van der Waals surface area contributed by atoms with Gasteiger partial charge in [0.15, 0.2) is 0 Å². The Balaban J connectivity index is 2.15. The van der Waals surface area contributed by atoms with Gasteiger partial charge in [-0.1, -0.05) is 6.07 Å². The zero-order valence-corrected chi connectivity index (χ0v) is 12.2. The smallest absolute Gasteiger partial charge is 0.336 e. The molecule has 0 aliphatic rings. The van der Waals surface area contributed by atoms with Gasteiger partial charge in [0.05, 0.1) is 17.8 Å². The summed E-state index contributed by atoms with van der Waals surface area (Å²) < 4.78 is 26.4. The zero-order valence-electron chi connectivity index (χ0n) is 10.5. The van der Waals surface area contributed by atoms with Gasteiger partial charge in [-0.25, -0.2) is 17.9 Å². The summed E-state index contributed by atoms with van der Waals surface area (Å²) in [4.78, 5) is 14.8. The normalized spacial score (nSPS) is 11.4. The number of aryl methyl sites for hydroxylation is 1. The molecule has 0 aliphatic heterocycles. The van der Waals surface area contributed by atoms with E-state index >= 15 is 0 Å². The maximum Gasteiger partial charge on any atom is 0.336 e. The number of rotatable bonds is 5. The van der Waals surface area contributed by atoms with Crippen LogP contribution in [-0.2, 0) is 16.6 Å². The van der Waals surface area contributed by atoms with Crippen LogP contribution in [0.4, 0.5) is 0 Å². The first-order chi connectivity index (χ1) is 9.40. The lowest BCUT2D eigenvalue weighted by atomic mass is 10.2. The molecule has 0 fully saturated rings. The van der Waals surface area contributed by atoms with Gasteiger partial charge in [0.2, 0.25) is 10.0 Å². The molecule has 2 rings (SSSR count). The quantitative estimate of drug-likeness (QED) is 0.874. The summed E-state index contributed by atoms with van der Waals surface area (Å²) in [5, 5.41) is 10.1. The lowest BCUT2D eigenvalue weighted by Gasteiger charge is -2.06. The highest BCUT2D eigenvalue weighted by molar-refractivity contribution is 7.91. The Morgan fingerprint density at radius 1 is 1.50 bits per heavy atom. The number of nitrogens with one attached hydrogen (secondary N) is 1. The van der Waals surface area contributed by atoms with E-state index in [1.807, 2.05) is 13.0 Å². The van der Waals surface area contributed by atoms with Gasteiger partial charge in [-0.3, -0.25) is 4.98 Å². The third kappa shape index (κ3) is 3.21. The lowest BCUT2D eigenvalue weighted by Crippen LogP contribution is -2.23. The topological polar surface area (TPSA) is 96.4 Å². The van der Waals surface area contributed by atoms with Gasteiger partial charge in [0, 0.05) is 11.6 Å². The van der Waals surface area contributed by atoms with Crippen LogP contribution in [0.25, 0.3) is 0 Å². The van der Waals surface area contributed by atoms with Crippen molar-refractivity contribution in [3.63, 3.8) is 0 Å². The van der Waals surface area contributed by atoms with Crippen molar-refractivity contribution in [3.8, 4) is 0 Å². The van der Waals surface area contributed by atoms with E-state index in [0.717, 1.165) is 23.0 Å². The number of hydrogen-bond acceptors (Lipinski definition) is 5. The van der Waals surface area contributed by atoms with E-state index in [1.54, 1.807) is 12.3 Å². The largest absolute Gasteiger partial charge is 0.478 e. The molecule has 0 radical (unpaired) electrons. The number of thiophene rings is 1. The monoisotopic (exact) mass is 312 g/mol. The van der Waals surface area contributed by atoms with Crippen LogP contribution >= 0.6 is 11.3 Å². The highest BCUT2D eigenvalue weighted by Gasteiger charge is 2.19. The minimum Gasteiger partial charge on any atom is -0.478 e. The Labute approximate surface area is 120 Å². The molecule has 0 spiro atoms. The SMILES string of the molecule is Cc1cccnc1CNS(=O)(=O)c1cc(C(=O)O)cs1. The predicted molar refractivity (Wildman–Crippen MR) is 74.3 cm³/mol. The third-order valence-electron chi connectivity index (χ3n) is 2.63. The summed E-state index contributed by atoms with van der Waals surface area (Å²) in [5.41, 5.74) is 1.48. The van der Waals surface area contributed by atoms with Crippen molar-refractivity contribution in [3.05, 3.63) is 46.6 Å². The molecule has 0 atom stereocenters. The second-order valence-corrected chi connectivity index (χ2v) is 6.96. The van der Waals surface area contributed by atoms with Crippen molar-refractivity contribution in [2.45, 2.75) is 17.7 Å². The van der Waals surface area contributed by atoms with Crippen molar-refractivity contribution >= 4 is 27.3 Å². The molecule has 0 amide bonds. The number of carbonyl (C=O) groups is 1.